The van der Waals surface area contributed by atoms with Crippen LogP contribution < -0.4 is 16.0 Å². The van der Waals surface area contributed by atoms with Gasteiger partial charge in [-0.25, -0.2) is 0 Å². The lowest BCUT2D eigenvalue weighted by molar-refractivity contribution is 0.0963. The number of guanidine groups is 1. The maximum absolute atomic E-state index is 11.7. The first kappa shape index (κ1) is 20.0. The number of rotatable bonds is 5. The summed E-state index contributed by atoms with van der Waals surface area (Å²) in [6.45, 7) is 1.30. The molecule has 0 aliphatic rings. The molecule has 1 amide bonds. The molecule has 0 atom stereocenters. The predicted octanol–water partition coefficient (Wildman–Crippen LogP) is 2.53. The van der Waals surface area contributed by atoms with Crippen molar-refractivity contribution in [2.45, 2.75) is 13.1 Å². The van der Waals surface area contributed by atoms with Crippen molar-refractivity contribution in [1.82, 2.24) is 16.0 Å². The van der Waals surface area contributed by atoms with Crippen molar-refractivity contribution in [3.63, 3.8) is 0 Å². The van der Waals surface area contributed by atoms with E-state index in [1.807, 2.05) is 36.4 Å². The Labute approximate surface area is 160 Å². The van der Waals surface area contributed by atoms with Crippen molar-refractivity contribution in [2.24, 2.45) is 4.99 Å². The van der Waals surface area contributed by atoms with E-state index in [0.29, 0.717) is 18.7 Å². The third kappa shape index (κ3) is 6.19. The summed E-state index contributed by atoms with van der Waals surface area (Å²) in [4.78, 5) is 15.9. The molecule has 0 saturated heterocycles. The summed E-state index contributed by atoms with van der Waals surface area (Å²) in [5.74, 6) is 0.637. The van der Waals surface area contributed by atoms with E-state index in [2.05, 4.69) is 33.1 Å². The first-order valence-corrected chi connectivity index (χ1v) is 7.52. The van der Waals surface area contributed by atoms with E-state index in [1.54, 1.807) is 20.2 Å². The minimum Gasteiger partial charge on any atom is -0.355 e. The molecule has 0 unspecified atom stereocenters. The van der Waals surface area contributed by atoms with E-state index in [9.17, 15) is 4.79 Å². The monoisotopic (exact) mass is 438 g/mol. The number of aliphatic imine (C=N–C) groups is 1. The highest BCUT2D eigenvalue weighted by atomic mass is 127. The van der Waals surface area contributed by atoms with Gasteiger partial charge in [0.25, 0.3) is 5.91 Å². The number of hydrogen-bond acceptors (Lipinski definition) is 2. The van der Waals surface area contributed by atoms with Crippen molar-refractivity contribution in [2.75, 3.05) is 14.1 Å². The SMILES string of the molecule is CN=C(NCc1ccccc1)NCc1cccc(C(=O)NC)c1.I. The number of hydrogen-bond donors (Lipinski definition) is 3. The van der Waals surface area contributed by atoms with Gasteiger partial charge in [0.05, 0.1) is 0 Å². The average Bonchev–Trinajstić information content (AvgIpc) is 2.62. The Morgan fingerprint density at radius 1 is 0.958 bits per heavy atom. The van der Waals surface area contributed by atoms with Crippen molar-refractivity contribution >= 4 is 35.8 Å². The first-order chi connectivity index (χ1) is 11.2. The Kier molecular flexibility index (Phi) is 8.85. The molecule has 2 aromatic rings. The van der Waals surface area contributed by atoms with Crippen molar-refractivity contribution < 1.29 is 4.79 Å². The average molecular weight is 438 g/mol. The highest BCUT2D eigenvalue weighted by Gasteiger charge is 2.04. The quantitative estimate of drug-likeness (QED) is 0.382. The van der Waals surface area contributed by atoms with Crippen LogP contribution in [-0.2, 0) is 13.1 Å². The minimum absolute atomic E-state index is 0. The second-order valence-electron chi connectivity index (χ2n) is 5.04. The second-order valence-corrected chi connectivity index (χ2v) is 5.04. The lowest BCUT2D eigenvalue weighted by Crippen LogP contribution is -2.36. The minimum atomic E-state index is -0.0848. The van der Waals surface area contributed by atoms with Crippen molar-refractivity contribution in [1.29, 1.82) is 0 Å². The van der Waals surface area contributed by atoms with Gasteiger partial charge >= 0.3 is 0 Å². The van der Waals surface area contributed by atoms with E-state index in [-0.39, 0.29) is 29.9 Å². The third-order valence-electron chi connectivity index (χ3n) is 3.40. The van der Waals surface area contributed by atoms with Gasteiger partial charge in [-0.3, -0.25) is 9.79 Å². The lowest BCUT2D eigenvalue weighted by atomic mass is 10.1. The van der Waals surface area contributed by atoms with Crippen LogP contribution in [0.5, 0.6) is 0 Å². The molecule has 0 fully saturated rings. The Bertz CT molecular complexity index is 674. The zero-order valence-electron chi connectivity index (χ0n) is 13.9. The number of amides is 1. The molecule has 24 heavy (non-hydrogen) atoms. The molecule has 0 spiro atoms. The fourth-order valence-corrected chi connectivity index (χ4v) is 2.15. The van der Waals surface area contributed by atoms with Crippen LogP contribution in [-0.4, -0.2) is 26.0 Å². The van der Waals surface area contributed by atoms with Crippen LogP contribution in [0.4, 0.5) is 0 Å². The van der Waals surface area contributed by atoms with E-state index < -0.39 is 0 Å². The van der Waals surface area contributed by atoms with Crippen LogP contribution in [0, 0.1) is 0 Å². The lowest BCUT2D eigenvalue weighted by Gasteiger charge is -2.12. The number of nitrogens with zero attached hydrogens (tertiary/aromatic N) is 1. The molecule has 0 aromatic heterocycles. The second kappa shape index (κ2) is 10.6. The van der Waals surface area contributed by atoms with Gasteiger partial charge in [-0.1, -0.05) is 42.5 Å². The predicted molar refractivity (Wildman–Crippen MR) is 109 cm³/mol. The van der Waals surface area contributed by atoms with Gasteiger partial charge in [-0.15, -0.1) is 24.0 Å². The number of benzene rings is 2. The Balaban J connectivity index is 0.00000288. The van der Waals surface area contributed by atoms with Crippen molar-refractivity contribution in [3.05, 3.63) is 71.3 Å². The number of halogens is 1. The zero-order chi connectivity index (χ0) is 16.5. The summed E-state index contributed by atoms with van der Waals surface area (Å²) in [6, 6.07) is 17.7. The molecule has 0 aliphatic heterocycles. The van der Waals surface area contributed by atoms with Crippen LogP contribution in [0.1, 0.15) is 21.5 Å². The molecular weight excluding hydrogens is 415 g/mol. The smallest absolute Gasteiger partial charge is 0.251 e. The van der Waals surface area contributed by atoms with Crippen LogP contribution >= 0.6 is 24.0 Å². The molecule has 0 saturated carbocycles. The van der Waals surface area contributed by atoms with Gasteiger partial charge in [0, 0.05) is 32.7 Å². The van der Waals surface area contributed by atoms with E-state index in [4.69, 9.17) is 0 Å². The normalized spacial score (nSPS) is 10.5. The number of nitrogens with one attached hydrogen (secondary N) is 3. The largest absolute Gasteiger partial charge is 0.355 e. The molecule has 0 bridgehead atoms. The summed E-state index contributed by atoms with van der Waals surface area (Å²) in [7, 11) is 3.36. The van der Waals surface area contributed by atoms with Gasteiger partial charge in [0.2, 0.25) is 0 Å². The maximum Gasteiger partial charge on any atom is 0.251 e. The fourth-order valence-electron chi connectivity index (χ4n) is 2.15. The third-order valence-corrected chi connectivity index (χ3v) is 3.40. The maximum atomic E-state index is 11.7. The molecule has 0 aliphatic carbocycles. The molecule has 5 nitrogen and oxygen atoms in total. The van der Waals surface area contributed by atoms with Crippen LogP contribution in [0.2, 0.25) is 0 Å². The van der Waals surface area contributed by atoms with Crippen molar-refractivity contribution in [3.8, 4) is 0 Å². The molecule has 3 N–H and O–H groups in total. The van der Waals surface area contributed by atoms with Crippen LogP contribution in [0.15, 0.2) is 59.6 Å². The van der Waals surface area contributed by atoms with Gasteiger partial charge in [0.15, 0.2) is 5.96 Å². The Morgan fingerprint density at radius 2 is 1.58 bits per heavy atom. The molecular formula is C18H23IN4O. The standard InChI is InChI=1S/C18H22N4O.HI/c1-19-17(23)16-10-6-9-15(11-16)13-22-18(20-2)21-12-14-7-4-3-5-8-14;/h3-11H,12-13H2,1-2H3,(H,19,23)(H2,20,21,22);1H. The number of carbonyl (C=O) groups is 1. The molecule has 0 radical (unpaired) electrons. The summed E-state index contributed by atoms with van der Waals surface area (Å²) in [5, 5.41) is 9.14. The highest BCUT2D eigenvalue weighted by molar-refractivity contribution is 14.0. The van der Waals surface area contributed by atoms with Crippen LogP contribution in [0.25, 0.3) is 0 Å². The molecule has 2 rings (SSSR count). The summed E-state index contributed by atoms with van der Waals surface area (Å²) < 4.78 is 0. The molecule has 128 valence electrons. The summed E-state index contributed by atoms with van der Waals surface area (Å²) in [5.41, 5.74) is 2.87. The van der Waals surface area contributed by atoms with Gasteiger partial charge in [-0.05, 0) is 23.3 Å². The van der Waals surface area contributed by atoms with Gasteiger partial charge < -0.3 is 16.0 Å². The van der Waals surface area contributed by atoms with E-state index in [0.717, 1.165) is 11.5 Å². The van der Waals surface area contributed by atoms with E-state index in [1.165, 1.54) is 5.56 Å². The Morgan fingerprint density at radius 3 is 2.21 bits per heavy atom. The summed E-state index contributed by atoms with van der Waals surface area (Å²) in [6.07, 6.45) is 0. The molecule has 6 heteroatoms. The topological polar surface area (TPSA) is 65.5 Å². The zero-order valence-corrected chi connectivity index (χ0v) is 16.2. The number of carbonyl (C=O) groups excluding carboxylic acids is 1. The molecule has 2 aromatic carbocycles. The van der Waals surface area contributed by atoms with E-state index >= 15 is 0 Å². The first-order valence-electron chi connectivity index (χ1n) is 7.52. The van der Waals surface area contributed by atoms with Gasteiger partial charge in [-0.2, -0.15) is 0 Å². The molecule has 0 heterocycles. The highest BCUT2D eigenvalue weighted by Crippen LogP contribution is 2.05. The van der Waals surface area contributed by atoms with Crippen LogP contribution in [0.3, 0.4) is 0 Å². The summed E-state index contributed by atoms with van der Waals surface area (Å²) >= 11 is 0. The van der Waals surface area contributed by atoms with Gasteiger partial charge in [0.1, 0.15) is 0 Å². The fraction of sp³-hybridized carbons (Fsp3) is 0.222. The Hall–Kier alpha value is -2.09.